The quantitative estimate of drug-likeness (QED) is 0.805. The minimum Gasteiger partial charge on any atom is -0.497 e. The zero-order chi connectivity index (χ0) is 13.8. The molecule has 0 bridgehead atoms. The highest BCUT2D eigenvalue weighted by Gasteiger charge is 2.15. The normalized spacial score (nSPS) is 10.1. The van der Waals surface area contributed by atoms with Crippen LogP contribution in [0.5, 0.6) is 11.5 Å². The lowest BCUT2D eigenvalue weighted by Gasteiger charge is -2.08. The van der Waals surface area contributed by atoms with E-state index in [0.29, 0.717) is 21.4 Å². The molecule has 2 rings (SSSR count). The van der Waals surface area contributed by atoms with Crippen LogP contribution in [-0.2, 0) is 4.74 Å². The fourth-order valence-corrected chi connectivity index (χ4v) is 2.43. The second kappa shape index (κ2) is 5.71. The van der Waals surface area contributed by atoms with Crippen molar-refractivity contribution in [2.24, 2.45) is 0 Å². The first-order valence-electron chi connectivity index (χ1n) is 5.46. The molecule has 100 valence electrons. The fourth-order valence-electron chi connectivity index (χ4n) is 1.57. The summed E-state index contributed by atoms with van der Waals surface area (Å²) in [7, 11) is 4.51. The SMILES string of the molecule is COC(=O)c1cnc(-c2ccc(OC)cc2OC)s1. The molecule has 0 saturated heterocycles. The molecule has 0 aliphatic carbocycles. The van der Waals surface area contributed by atoms with Crippen LogP contribution in [0, 0.1) is 0 Å². The Balaban J connectivity index is 2.41. The molecule has 5 nitrogen and oxygen atoms in total. The van der Waals surface area contributed by atoms with Crippen LogP contribution in [0.2, 0.25) is 0 Å². The van der Waals surface area contributed by atoms with Crippen molar-refractivity contribution in [3.63, 3.8) is 0 Å². The number of carbonyl (C=O) groups excluding carboxylic acids is 1. The minimum atomic E-state index is -0.392. The highest BCUT2D eigenvalue weighted by molar-refractivity contribution is 7.16. The van der Waals surface area contributed by atoms with Gasteiger partial charge >= 0.3 is 5.97 Å². The van der Waals surface area contributed by atoms with E-state index in [-0.39, 0.29) is 0 Å². The van der Waals surface area contributed by atoms with Gasteiger partial charge < -0.3 is 14.2 Å². The summed E-state index contributed by atoms with van der Waals surface area (Å²) in [4.78, 5) is 16.1. The predicted octanol–water partition coefficient (Wildman–Crippen LogP) is 2.61. The van der Waals surface area contributed by atoms with Gasteiger partial charge in [0.2, 0.25) is 0 Å². The van der Waals surface area contributed by atoms with Crippen molar-refractivity contribution in [1.29, 1.82) is 0 Å². The Bertz CT molecular complexity index is 594. The van der Waals surface area contributed by atoms with Crippen molar-refractivity contribution < 1.29 is 19.0 Å². The van der Waals surface area contributed by atoms with Crippen molar-refractivity contribution in [2.75, 3.05) is 21.3 Å². The lowest BCUT2D eigenvalue weighted by atomic mass is 10.2. The summed E-state index contributed by atoms with van der Waals surface area (Å²) in [5, 5.41) is 0.694. The number of thiazole rings is 1. The number of rotatable bonds is 4. The Kier molecular flexibility index (Phi) is 4.01. The molecule has 0 amide bonds. The van der Waals surface area contributed by atoms with Crippen LogP contribution in [0.3, 0.4) is 0 Å². The molecular formula is C13H13NO4S. The van der Waals surface area contributed by atoms with E-state index in [1.807, 2.05) is 12.1 Å². The third-order valence-corrected chi connectivity index (χ3v) is 3.54. The summed E-state index contributed by atoms with van der Waals surface area (Å²) in [6.07, 6.45) is 1.50. The lowest BCUT2D eigenvalue weighted by Crippen LogP contribution is -1.96. The van der Waals surface area contributed by atoms with Crippen LogP contribution in [0.15, 0.2) is 24.4 Å². The molecule has 0 radical (unpaired) electrons. The average molecular weight is 279 g/mol. The second-order valence-corrected chi connectivity index (χ2v) is 4.62. The van der Waals surface area contributed by atoms with Crippen molar-refractivity contribution >= 4 is 17.3 Å². The molecule has 1 aromatic carbocycles. The van der Waals surface area contributed by atoms with Crippen molar-refractivity contribution in [1.82, 2.24) is 4.98 Å². The van der Waals surface area contributed by atoms with Gasteiger partial charge in [0, 0.05) is 6.07 Å². The Morgan fingerprint density at radius 3 is 2.63 bits per heavy atom. The van der Waals surface area contributed by atoms with E-state index >= 15 is 0 Å². The van der Waals surface area contributed by atoms with E-state index in [2.05, 4.69) is 9.72 Å². The number of hydrogen-bond acceptors (Lipinski definition) is 6. The lowest BCUT2D eigenvalue weighted by molar-refractivity contribution is 0.0606. The van der Waals surface area contributed by atoms with Crippen molar-refractivity contribution in [3.05, 3.63) is 29.3 Å². The number of benzene rings is 1. The first kappa shape index (κ1) is 13.4. The van der Waals surface area contributed by atoms with Gasteiger partial charge in [-0.25, -0.2) is 9.78 Å². The summed E-state index contributed by atoms with van der Waals surface area (Å²) in [5.74, 6) is 0.951. The molecule has 6 heteroatoms. The van der Waals surface area contributed by atoms with Crippen molar-refractivity contribution in [3.8, 4) is 22.1 Å². The molecule has 0 atom stereocenters. The van der Waals surface area contributed by atoms with E-state index in [1.165, 1.54) is 24.6 Å². The van der Waals surface area contributed by atoms with Gasteiger partial charge in [0.25, 0.3) is 0 Å². The number of nitrogens with zero attached hydrogens (tertiary/aromatic N) is 1. The molecule has 0 aliphatic rings. The smallest absolute Gasteiger partial charge is 0.349 e. The summed E-state index contributed by atoms with van der Waals surface area (Å²) in [5.41, 5.74) is 0.809. The summed E-state index contributed by atoms with van der Waals surface area (Å²) in [6.45, 7) is 0. The zero-order valence-corrected chi connectivity index (χ0v) is 11.6. The highest BCUT2D eigenvalue weighted by atomic mass is 32.1. The van der Waals surface area contributed by atoms with Crippen LogP contribution in [-0.4, -0.2) is 32.3 Å². The summed E-state index contributed by atoms with van der Waals surface area (Å²) < 4.78 is 15.1. The molecule has 1 heterocycles. The number of esters is 1. The predicted molar refractivity (Wildman–Crippen MR) is 72.0 cm³/mol. The molecule has 19 heavy (non-hydrogen) atoms. The first-order chi connectivity index (χ1) is 9.19. The van der Waals surface area contributed by atoms with Crippen LogP contribution in [0.25, 0.3) is 10.6 Å². The van der Waals surface area contributed by atoms with Gasteiger partial charge in [-0.1, -0.05) is 0 Å². The highest BCUT2D eigenvalue weighted by Crippen LogP contribution is 2.35. The van der Waals surface area contributed by atoms with E-state index in [9.17, 15) is 4.79 Å². The maximum atomic E-state index is 11.4. The number of carbonyl (C=O) groups is 1. The van der Waals surface area contributed by atoms with Crippen molar-refractivity contribution in [2.45, 2.75) is 0 Å². The minimum absolute atomic E-state index is 0.392. The molecule has 1 aromatic heterocycles. The Morgan fingerprint density at radius 2 is 2.00 bits per heavy atom. The third-order valence-electron chi connectivity index (χ3n) is 2.53. The first-order valence-corrected chi connectivity index (χ1v) is 6.27. The fraction of sp³-hybridized carbons (Fsp3) is 0.231. The van der Waals surface area contributed by atoms with E-state index < -0.39 is 5.97 Å². The zero-order valence-electron chi connectivity index (χ0n) is 10.8. The average Bonchev–Trinajstić information content (AvgIpc) is 2.95. The maximum Gasteiger partial charge on any atom is 0.349 e. The Morgan fingerprint density at radius 1 is 1.21 bits per heavy atom. The molecule has 2 aromatic rings. The second-order valence-electron chi connectivity index (χ2n) is 3.59. The summed E-state index contributed by atoms with van der Waals surface area (Å²) >= 11 is 1.26. The van der Waals surface area contributed by atoms with Gasteiger partial charge in [-0.05, 0) is 12.1 Å². The largest absolute Gasteiger partial charge is 0.497 e. The van der Waals surface area contributed by atoms with E-state index in [1.54, 1.807) is 20.3 Å². The molecule has 0 saturated carbocycles. The van der Waals surface area contributed by atoms with E-state index in [0.717, 1.165) is 5.56 Å². The van der Waals surface area contributed by atoms with Gasteiger partial charge in [-0.2, -0.15) is 0 Å². The monoisotopic (exact) mass is 279 g/mol. The van der Waals surface area contributed by atoms with Crippen LogP contribution in [0.1, 0.15) is 9.67 Å². The van der Waals surface area contributed by atoms with Crippen LogP contribution < -0.4 is 9.47 Å². The maximum absolute atomic E-state index is 11.4. The number of hydrogen-bond donors (Lipinski definition) is 0. The topological polar surface area (TPSA) is 57.7 Å². The standard InChI is InChI=1S/C13H13NO4S/c1-16-8-4-5-9(10(6-8)17-2)12-14-7-11(19-12)13(15)18-3/h4-7H,1-3H3. The number of methoxy groups -OCH3 is 3. The molecule has 0 aliphatic heterocycles. The van der Waals surface area contributed by atoms with Gasteiger partial charge in [-0.3, -0.25) is 0 Å². The van der Waals surface area contributed by atoms with Crippen LogP contribution in [0.4, 0.5) is 0 Å². The van der Waals surface area contributed by atoms with E-state index in [4.69, 9.17) is 9.47 Å². The van der Waals surface area contributed by atoms with Gasteiger partial charge in [-0.15, -0.1) is 11.3 Å². The van der Waals surface area contributed by atoms with Gasteiger partial charge in [0.1, 0.15) is 21.4 Å². The molecule has 0 unspecified atom stereocenters. The Labute approximate surface area is 114 Å². The number of ether oxygens (including phenoxy) is 3. The third kappa shape index (κ3) is 2.68. The molecular weight excluding hydrogens is 266 g/mol. The molecule has 0 N–H and O–H groups in total. The number of aromatic nitrogens is 1. The Hall–Kier alpha value is -2.08. The molecule has 0 fully saturated rings. The van der Waals surface area contributed by atoms with Gasteiger partial charge in [0.15, 0.2) is 0 Å². The van der Waals surface area contributed by atoms with Crippen LogP contribution >= 0.6 is 11.3 Å². The molecule has 0 spiro atoms. The van der Waals surface area contributed by atoms with Gasteiger partial charge in [0.05, 0.1) is 33.1 Å². The summed E-state index contributed by atoms with van der Waals surface area (Å²) in [6, 6.07) is 5.43.